The van der Waals surface area contributed by atoms with Crippen molar-refractivity contribution in [2.24, 2.45) is 0 Å². The molecular weight excluding hydrogens is 312 g/mol. The molecule has 128 valence electrons. The number of benzene rings is 1. The Balaban J connectivity index is 1.94. The number of carbonyl (C=O) groups excluding carboxylic acids is 1. The average molecular weight is 338 g/mol. The van der Waals surface area contributed by atoms with Crippen LogP contribution >= 0.6 is 0 Å². The van der Waals surface area contributed by atoms with Gasteiger partial charge < -0.3 is 5.32 Å². The zero-order chi connectivity index (χ0) is 17.1. The van der Waals surface area contributed by atoms with Crippen LogP contribution in [0.3, 0.4) is 0 Å². The molecular formula is C17H26N2O3S. The first-order valence-electron chi connectivity index (χ1n) is 8.08. The fraction of sp³-hybridized carbons (Fsp3) is 0.588. The number of hydrogen-bond acceptors (Lipinski definition) is 3. The summed E-state index contributed by atoms with van der Waals surface area (Å²) in [5.41, 5.74) is 1.03. The summed E-state index contributed by atoms with van der Waals surface area (Å²) in [5, 5.41) is 2.87. The number of sulfonamides is 1. The fourth-order valence-electron chi connectivity index (χ4n) is 2.73. The third kappa shape index (κ3) is 5.04. The minimum atomic E-state index is -3.66. The molecule has 0 aliphatic heterocycles. The Bertz CT molecular complexity index is 639. The smallest absolute Gasteiger partial charge is 0.241 e. The Hall–Kier alpha value is -1.40. The van der Waals surface area contributed by atoms with E-state index >= 15 is 0 Å². The van der Waals surface area contributed by atoms with Gasteiger partial charge in [0.2, 0.25) is 15.9 Å². The molecule has 1 saturated carbocycles. The lowest BCUT2D eigenvalue weighted by molar-refractivity contribution is -0.120. The van der Waals surface area contributed by atoms with Gasteiger partial charge in [0.15, 0.2) is 0 Å². The molecule has 0 bridgehead atoms. The van der Waals surface area contributed by atoms with Crippen molar-refractivity contribution in [2.75, 3.05) is 6.54 Å². The highest BCUT2D eigenvalue weighted by Crippen LogP contribution is 2.23. The van der Waals surface area contributed by atoms with Crippen LogP contribution in [-0.4, -0.2) is 26.9 Å². The van der Waals surface area contributed by atoms with Gasteiger partial charge in [-0.3, -0.25) is 4.79 Å². The van der Waals surface area contributed by atoms with Crippen molar-refractivity contribution in [3.8, 4) is 0 Å². The van der Waals surface area contributed by atoms with Crippen LogP contribution in [0.5, 0.6) is 0 Å². The molecule has 1 aliphatic carbocycles. The van der Waals surface area contributed by atoms with Crippen molar-refractivity contribution in [3.63, 3.8) is 0 Å². The van der Waals surface area contributed by atoms with Gasteiger partial charge in [-0.25, -0.2) is 13.1 Å². The maximum absolute atomic E-state index is 12.2. The van der Waals surface area contributed by atoms with E-state index in [1.54, 1.807) is 12.1 Å². The van der Waals surface area contributed by atoms with Crippen LogP contribution in [-0.2, 0) is 20.2 Å². The molecule has 1 fully saturated rings. The largest absolute Gasteiger partial charge is 0.352 e. The van der Waals surface area contributed by atoms with E-state index in [1.165, 1.54) is 0 Å². The molecule has 1 amide bonds. The molecule has 1 aromatic rings. The molecule has 1 aromatic carbocycles. The second kappa shape index (κ2) is 7.01. The number of rotatable bonds is 5. The Morgan fingerprint density at radius 3 is 2.22 bits per heavy atom. The highest BCUT2D eigenvalue weighted by atomic mass is 32.2. The molecule has 2 rings (SSSR count). The van der Waals surface area contributed by atoms with E-state index < -0.39 is 10.0 Å². The summed E-state index contributed by atoms with van der Waals surface area (Å²) in [5.74, 6) is -0.271. The van der Waals surface area contributed by atoms with Crippen LogP contribution in [0.15, 0.2) is 29.2 Å². The maximum atomic E-state index is 12.2. The molecule has 0 radical (unpaired) electrons. The molecule has 0 atom stereocenters. The summed E-state index contributed by atoms with van der Waals surface area (Å²) >= 11 is 0. The van der Waals surface area contributed by atoms with Crippen LogP contribution in [0, 0.1) is 0 Å². The van der Waals surface area contributed by atoms with Gasteiger partial charge in [0.1, 0.15) is 0 Å². The summed E-state index contributed by atoms with van der Waals surface area (Å²) in [4.78, 5) is 12.0. The zero-order valence-corrected chi connectivity index (χ0v) is 14.9. The molecule has 0 spiro atoms. The van der Waals surface area contributed by atoms with Crippen LogP contribution in [0.2, 0.25) is 0 Å². The highest BCUT2D eigenvalue weighted by Gasteiger charge is 2.20. The molecule has 0 unspecified atom stereocenters. The summed E-state index contributed by atoms with van der Waals surface area (Å²) in [6, 6.07) is 6.98. The Morgan fingerprint density at radius 2 is 1.70 bits per heavy atom. The minimum absolute atomic E-state index is 0.0309. The molecule has 0 heterocycles. The van der Waals surface area contributed by atoms with Gasteiger partial charge in [0, 0.05) is 6.04 Å². The highest BCUT2D eigenvalue weighted by molar-refractivity contribution is 7.89. The molecule has 6 heteroatoms. The van der Waals surface area contributed by atoms with Crippen LogP contribution in [0.25, 0.3) is 0 Å². The predicted molar refractivity (Wildman–Crippen MR) is 90.7 cm³/mol. The molecule has 23 heavy (non-hydrogen) atoms. The summed E-state index contributed by atoms with van der Waals surface area (Å²) in [6.45, 7) is 5.99. The third-order valence-electron chi connectivity index (χ3n) is 4.17. The minimum Gasteiger partial charge on any atom is -0.352 e. The van der Waals surface area contributed by atoms with Gasteiger partial charge in [0.25, 0.3) is 0 Å². The first-order chi connectivity index (χ1) is 10.7. The van der Waals surface area contributed by atoms with Crippen LogP contribution in [0.4, 0.5) is 0 Å². The summed E-state index contributed by atoms with van der Waals surface area (Å²) < 4.78 is 26.9. The number of hydrogen-bond donors (Lipinski definition) is 2. The van der Waals surface area contributed by atoms with Crippen molar-refractivity contribution in [2.45, 2.75) is 62.8 Å². The van der Waals surface area contributed by atoms with Gasteiger partial charge in [-0.15, -0.1) is 0 Å². The number of nitrogens with one attached hydrogen (secondary N) is 2. The lowest BCUT2D eigenvalue weighted by Gasteiger charge is -2.19. The second-order valence-electron chi connectivity index (χ2n) is 7.15. The van der Waals surface area contributed by atoms with Gasteiger partial charge >= 0.3 is 0 Å². The quantitative estimate of drug-likeness (QED) is 0.865. The Kier molecular flexibility index (Phi) is 5.47. The van der Waals surface area contributed by atoms with Crippen molar-refractivity contribution >= 4 is 15.9 Å². The van der Waals surface area contributed by atoms with Crippen molar-refractivity contribution in [1.29, 1.82) is 0 Å². The van der Waals surface area contributed by atoms with Crippen molar-refractivity contribution < 1.29 is 13.2 Å². The van der Waals surface area contributed by atoms with Crippen LogP contribution < -0.4 is 10.0 Å². The lowest BCUT2D eigenvalue weighted by Crippen LogP contribution is -2.40. The summed E-state index contributed by atoms with van der Waals surface area (Å²) in [7, 11) is -3.66. The van der Waals surface area contributed by atoms with E-state index in [0.29, 0.717) is 0 Å². The molecule has 0 aromatic heterocycles. The normalized spacial score (nSPS) is 16.5. The van der Waals surface area contributed by atoms with E-state index in [9.17, 15) is 13.2 Å². The molecule has 2 N–H and O–H groups in total. The average Bonchev–Trinajstić information content (AvgIpc) is 2.97. The van der Waals surface area contributed by atoms with E-state index in [0.717, 1.165) is 31.2 Å². The van der Waals surface area contributed by atoms with E-state index in [-0.39, 0.29) is 28.8 Å². The third-order valence-corrected chi connectivity index (χ3v) is 5.59. The lowest BCUT2D eigenvalue weighted by atomic mass is 9.87. The van der Waals surface area contributed by atoms with Gasteiger partial charge in [0.05, 0.1) is 11.4 Å². The van der Waals surface area contributed by atoms with E-state index in [4.69, 9.17) is 0 Å². The zero-order valence-electron chi connectivity index (χ0n) is 14.1. The van der Waals surface area contributed by atoms with E-state index in [1.807, 2.05) is 12.1 Å². The van der Waals surface area contributed by atoms with E-state index in [2.05, 4.69) is 30.8 Å². The van der Waals surface area contributed by atoms with Gasteiger partial charge in [-0.1, -0.05) is 45.7 Å². The number of carbonyl (C=O) groups is 1. The molecule has 1 aliphatic rings. The molecule has 0 saturated heterocycles. The maximum Gasteiger partial charge on any atom is 0.241 e. The molecule has 5 nitrogen and oxygen atoms in total. The SMILES string of the molecule is CC(C)(C)c1ccc(S(=O)(=O)NCC(=O)NC2CCCC2)cc1. The van der Waals surface area contributed by atoms with Crippen LogP contribution in [0.1, 0.15) is 52.0 Å². The van der Waals surface area contributed by atoms with Crippen molar-refractivity contribution in [3.05, 3.63) is 29.8 Å². The monoisotopic (exact) mass is 338 g/mol. The predicted octanol–water partition coefficient (Wildman–Crippen LogP) is 2.32. The standard InChI is InChI=1S/C17H26N2O3S/c1-17(2,3)13-8-10-15(11-9-13)23(21,22)18-12-16(20)19-14-6-4-5-7-14/h8-11,14,18H,4-7,12H2,1-3H3,(H,19,20). The first kappa shape index (κ1) is 17.9. The topological polar surface area (TPSA) is 75.3 Å². The summed E-state index contributed by atoms with van der Waals surface area (Å²) in [6.07, 6.45) is 4.20. The van der Waals surface area contributed by atoms with Gasteiger partial charge in [-0.2, -0.15) is 0 Å². The second-order valence-corrected chi connectivity index (χ2v) is 8.91. The Morgan fingerprint density at radius 1 is 1.13 bits per heavy atom. The Labute approximate surface area is 138 Å². The number of amides is 1. The first-order valence-corrected chi connectivity index (χ1v) is 9.56. The fourth-order valence-corrected chi connectivity index (χ4v) is 3.71. The van der Waals surface area contributed by atoms with Crippen molar-refractivity contribution in [1.82, 2.24) is 10.0 Å². The van der Waals surface area contributed by atoms with Gasteiger partial charge in [-0.05, 0) is 36.0 Å².